The normalized spacial score (nSPS) is 21.0. The monoisotopic (exact) mass is 376 g/mol. The zero-order chi connectivity index (χ0) is 19.7. The van der Waals surface area contributed by atoms with Crippen LogP contribution in [0.25, 0.3) is 0 Å². The first kappa shape index (κ1) is 18.3. The lowest BCUT2D eigenvalue weighted by atomic mass is 10.0. The molecule has 0 bridgehead atoms. The molecule has 1 saturated heterocycles. The van der Waals surface area contributed by atoms with Crippen molar-refractivity contribution in [1.29, 1.82) is 0 Å². The van der Waals surface area contributed by atoms with Gasteiger partial charge < -0.3 is 15.2 Å². The molecule has 2 N–H and O–H groups in total. The molecule has 0 aromatic heterocycles. The van der Waals surface area contributed by atoms with Gasteiger partial charge in [0.2, 0.25) is 5.91 Å². The average Bonchev–Trinajstić information content (AvgIpc) is 3.13. The van der Waals surface area contributed by atoms with E-state index in [0.717, 1.165) is 22.4 Å². The van der Waals surface area contributed by atoms with E-state index >= 15 is 0 Å². The second kappa shape index (κ2) is 7.48. The summed E-state index contributed by atoms with van der Waals surface area (Å²) in [5, 5.41) is 4.76. The number of rotatable bonds is 4. The van der Waals surface area contributed by atoms with Crippen LogP contribution >= 0.6 is 0 Å². The van der Waals surface area contributed by atoms with Gasteiger partial charge in [0.05, 0.1) is 6.04 Å². The third-order valence-electron chi connectivity index (χ3n) is 5.26. The molecule has 1 fully saturated rings. The summed E-state index contributed by atoms with van der Waals surface area (Å²) in [6.07, 6.45) is 4.17. The number of anilines is 1. The predicted octanol–water partition coefficient (Wildman–Crippen LogP) is 2.88. The molecule has 28 heavy (non-hydrogen) atoms. The molecule has 6 heteroatoms. The van der Waals surface area contributed by atoms with E-state index in [2.05, 4.69) is 22.9 Å². The summed E-state index contributed by atoms with van der Waals surface area (Å²) in [5.41, 5.74) is 7.37. The Labute approximate surface area is 164 Å². The minimum atomic E-state index is -0.302. The maximum atomic E-state index is 12.9. The summed E-state index contributed by atoms with van der Waals surface area (Å²) in [7, 11) is 0. The SMILES string of the molecule is Cc1ccc(C)c(NC(=O)CN2C=CN3NC(c4ccccc4)CC3C2=O)c1. The first-order valence-electron chi connectivity index (χ1n) is 9.46. The largest absolute Gasteiger partial charge is 0.324 e. The quantitative estimate of drug-likeness (QED) is 0.861. The molecule has 2 heterocycles. The van der Waals surface area contributed by atoms with Crippen LogP contribution in [0.4, 0.5) is 5.69 Å². The zero-order valence-electron chi connectivity index (χ0n) is 16.1. The fourth-order valence-corrected chi connectivity index (χ4v) is 3.68. The Balaban J connectivity index is 1.41. The Kier molecular flexibility index (Phi) is 4.88. The number of hydrogen-bond donors (Lipinski definition) is 2. The van der Waals surface area contributed by atoms with Crippen molar-refractivity contribution < 1.29 is 9.59 Å². The van der Waals surface area contributed by atoms with E-state index < -0.39 is 0 Å². The van der Waals surface area contributed by atoms with Gasteiger partial charge in [-0.2, -0.15) is 0 Å². The Bertz CT molecular complexity index is 925. The first-order chi connectivity index (χ1) is 13.5. The van der Waals surface area contributed by atoms with Crippen molar-refractivity contribution in [2.45, 2.75) is 32.4 Å². The predicted molar refractivity (Wildman–Crippen MR) is 108 cm³/mol. The first-order valence-corrected chi connectivity index (χ1v) is 9.46. The number of carbonyl (C=O) groups is 2. The molecule has 144 valence electrons. The van der Waals surface area contributed by atoms with Crippen molar-refractivity contribution in [3.05, 3.63) is 77.6 Å². The lowest BCUT2D eigenvalue weighted by molar-refractivity contribution is -0.137. The summed E-state index contributed by atoms with van der Waals surface area (Å²) >= 11 is 0. The van der Waals surface area contributed by atoms with Gasteiger partial charge in [-0.15, -0.1) is 0 Å². The fraction of sp³-hybridized carbons (Fsp3) is 0.273. The highest BCUT2D eigenvalue weighted by Gasteiger charge is 2.40. The van der Waals surface area contributed by atoms with Crippen molar-refractivity contribution in [3.63, 3.8) is 0 Å². The number of hydrogen-bond acceptors (Lipinski definition) is 4. The molecular weight excluding hydrogens is 352 g/mol. The number of hydrazine groups is 1. The van der Waals surface area contributed by atoms with Crippen LogP contribution in [0.1, 0.15) is 29.2 Å². The summed E-state index contributed by atoms with van der Waals surface area (Å²) in [4.78, 5) is 26.9. The highest BCUT2D eigenvalue weighted by molar-refractivity contribution is 5.96. The van der Waals surface area contributed by atoms with E-state index in [4.69, 9.17) is 0 Å². The molecule has 2 atom stereocenters. The average molecular weight is 376 g/mol. The van der Waals surface area contributed by atoms with Gasteiger partial charge in [-0.05, 0) is 43.0 Å². The van der Waals surface area contributed by atoms with Gasteiger partial charge in [-0.1, -0.05) is 42.5 Å². The lowest BCUT2D eigenvalue weighted by Crippen LogP contribution is -2.49. The third kappa shape index (κ3) is 3.64. The van der Waals surface area contributed by atoms with Crippen LogP contribution in [-0.2, 0) is 9.59 Å². The summed E-state index contributed by atoms with van der Waals surface area (Å²) < 4.78 is 0. The fourth-order valence-electron chi connectivity index (χ4n) is 3.68. The number of amides is 2. The minimum absolute atomic E-state index is 0.00303. The van der Waals surface area contributed by atoms with Crippen molar-refractivity contribution in [1.82, 2.24) is 15.3 Å². The number of benzene rings is 2. The number of fused-ring (bicyclic) bond motifs is 1. The van der Waals surface area contributed by atoms with Crippen LogP contribution in [0.3, 0.4) is 0 Å². The van der Waals surface area contributed by atoms with E-state index in [1.54, 1.807) is 6.20 Å². The molecule has 2 aromatic carbocycles. The number of nitrogens with zero attached hydrogens (tertiary/aromatic N) is 2. The standard InChI is InChI=1S/C22H24N4O2/c1-15-8-9-16(2)18(12-15)23-21(27)14-25-10-11-26-20(22(25)28)13-19(24-26)17-6-4-3-5-7-17/h3-12,19-20,24H,13-14H2,1-2H3,(H,23,27). The highest BCUT2D eigenvalue weighted by atomic mass is 16.2. The highest BCUT2D eigenvalue weighted by Crippen LogP contribution is 2.30. The Hall–Kier alpha value is -3.12. The molecule has 2 unspecified atom stereocenters. The maximum absolute atomic E-state index is 12.9. The van der Waals surface area contributed by atoms with Crippen LogP contribution in [0.2, 0.25) is 0 Å². The van der Waals surface area contributed by atoms with Gasteiger partial charge in [0.25, 0.3) is 5.91 Å². The molecule has 0 spiro atoms. The van der Waals surface area contributed by atoms with E-state index in [1.807, 2.05) is 61.5 Å². The van der Waals surface area contributed by atoms with Crippen molar-refractivity contribution in [2.75, 3.05) is 11.9 Å². The van der Waals surface area contributed by atoms with Gasteiger partial charge >= 0.3 is 0 Å². The maximum Gasteiger partial charge on any atom is 0.251 e. The van der Waals surface area contributed by atoms with Crippen LogP contribution in [0.15, 0.2) is 60.9 Å². The molecule has 4 rings (SSSR count). The molecule has 0 radical (unpaired) electrons. The zero-order valence-corrected chi connectivity index (χ0v) is 16.1. The van der Waals surface area contributed by atoms with Gasteiger partial charge in [0, 0.05) is 18.1 Å². The number of aryl methyl sites for hydroxylation is 2. The number of carbonyl (C=O) groups excluding carboxylic acids is 2. The molecule has 2 aromatic rings. The minimum Gasteiger partial charge on any atom is -0.324 e. The molecule has 2 aliphatic heterocycles. The third-order valence-corrected chi connectivity index (χ3v) is 5.26. The smallest absolute Gasteiger partial charge is 0.251 e. The lowest BCUT2D eigenvalue weighted by Gasteiger charge is -2.31. The molecule has 2 amide bonds. The van der Waals surface area contributed by atoms with Crippen LogP contribution in [-0.4, -0.2) is 34.3 Å². The molecular formula is C22H24N4O2. The summed E-state index contributed by atoms with van der Waals surface area (Å²) in [6, 6.07) is 15.8. The van der Waals surface area contributed by atoms with E-state index in [-0.39, 0.29) is 30.4 Å². The number of nitrogens with one attached hydrogen (secondary N) is 2. The van der Waals surface area contributed by atoms with E-state index in [1.165, 1.54) is 4.90 Å². The Morgan fingerprint density at radius 2 is 1.93 bits per heavy atom. The van der Waals surface area contributed by atoms with Gasteiger partial charge in [-0.3, -0.25) is 9.59 Å². The van der Waals surface area contributed by atoms with Crippen molar-refractivity contribution >= 4 is 17.5 Å². The van der Waals surface area contributed by atoms with Crippen molar-refractivity contribution in [3.8, 4) is 0 Å². The second-order valence-corrected chi connectivity index (χ2v) is 7.38. The Morgan fingerprint density at radius 1 is 1.14 bits per heavy atom. The van der Waals surface area contributed by atoms with E-state index in [0.29, 0.717) is 6.42 Å². The topological polar surface area (TPSA) is 64.7 Å². The van der Waals surface area contributed by atoms with Crippen LogP contribution < -0.4 is 10.7 Å². The molecule has 0 saturated carbocycles. The molecule has 6 nitrogen and oxygen atoms in total. The van der Waals surface area contributed by atoms with Crippen LogP contribution in [0, 0.1) is 13.8 Å². The molecule has 2 aliphatic rings. The summed E-state index contributed by atoms with van der Waals surface area (Å²) in [5.74, 6) is -0.268. The van der Waals surface area contributed by atoms with Crippen molar-refractivity contribution in [2.24, 2.45) is 0 Å². The van der Waals surface area contributed by atoms with Gasteiger partial charge in [0.15, 0.2) is 0 Å². The van der Waals surface area contributed by atoms with Gasteiger partial charge in [0.1, 0.15) is 12.6 Å². The van der Waals surface area contributed by atoms with Gasteiger partial charge in [-0.25, -0.2) is 5.43 Å². The second-order valence-electron chi connectivity index (χ2n) is 7.38. The Morgan fingerprint density at radius 3 is 2.71 bits per heavy atom. The molecule has 0 aliphatic carbocycles. The van der Waals surface area contributed by atoms with Crippen LogP contribution in [0.5, 0.6) is 0 Å². The van der Waals surface area contributed by atoms with E-state index in [9.17, 15) is 9.59 Å². The summed E-state index contributed by atoms with van der Waals surface area (Å²) in [6.45, 7) is 3.94.